The smallest absolute Gasteiger partial charge is 0.158 e. The molecule has 0 radical (unpaired) electrons. The van der Waals surface area contributed by atoms with Crippen molar-refractivity contribution in [1.29, 1.82) is 0 Å². The highest BCUT2D eigenvalue weighted by Gasteiger charge is 2.22. The molecular weight excluding hydrogens is 388 g/mol. The summed E-state index contributed by atoms with van der Waals surface area (Å²) in [7, 11) is 0. The zero-order valence-electron chi connectivity index (χ0n) is 16.8. The van der Waals surface area contributed by atoms with Crippen molar-refractivity contribution in [2.45, 2.75) is 25.7 Å². The first-order valence-corrected chi connectivity index (χ1v) is 11.0. The topological polar surface area (TPSA) is 42.0 Å². The van der Waals surface area contributed by atoms with E-state index < -0.39 is 0 Å². The molecule has 0 bridgehead atoms. The summed E-state index contributed by atoms with van der Waals surface area (Å²) in [6, 6.07) is 25.0. The minimum atomic E-state index is 0.180. The summed E-state index contributed by atoms with van der Waals surface area (Å²) in [4.78, 5) is 17.0. The summed E-state index contributed by atoms with van der Waals surface area (Å²) in [5.41, 5.74) is 6.59. The number of thiazole rings is 1. The normalized spacial score (nSPS) is 16.5. The maximum absolute atomic E-state index is 12.3. The highest BCUT2D eigenvalue weighted by molar-refractivity contribution is 7.21. The number of nitrogens with zero attached hydrogens (tertiary/aromatic N) is 1. The van der Waals surface area contributed by atoms with Gasteiger partial charge in [0.2, 0.25) is 0 Å². The van der Waals surface area contributed by atoms with Gasteiger partial charge < -0.3 is 5.32 Å². The van der Waals surface area contributed by atoms with Crippen LogP contribution in [-0.4, -0.2) is 10.8 Å². The maximum atomic E-state index is 12.3. The van der Waals surface area contributed by atoms with Gasteiger partial charge in [-0.1, -0.05) is 36.4 Å². The molecule has 0 saturated heterocycles. The van der Waals surface area contributed by atoms with Crippen molar-refractivity contribution in [2.24, 2.45) is 0 Å². The van der Waals surface area contributed by atoms with Crippen LogP contribution < -0.4 is 5.32 Å². The van der Waals surface area contributed by atoms with Crippen molar-refractivity contribution in [3.8, 4) is 10.6 Å². The average Bonchev–Trinajstić information content (AvgIpc) is 3.18. The van der Waals surface area contributed by atoms with E-state index in [0.717, 1.165) is 33.9 Å². The van der Waals surface area contributed by atoms with Gasteiger partial charge in [-0.2, -0.15) is 0 Å². The maximum Gasteiger partial charge on any atom is 0.158 e. The van der Waals surface area contributed by atoms with Gasteiger partial charge in [0.05, 0.1) is 10.2 Å². The number of allylic oxidation sites excluding steroid dienone is 2. The number of aromatic nitrogens is 1. The third kappa shape index (κ3) is 3.91. The Hall–Kier alpha value is -3.24. The van der Waals surface area contributed by atoms with E-state index in [0.29, 0.717) is 6.42 Å². The number of aryl methyl sites for hydroxylation is 1. The number of ketones is 1. The lowest BCUT2D eigenvalue weighted by molar-refractivity contribution is -0.115. The number of carbonyl (C=O) groups is 1. The quantitative estimate of drug-likeness (QED) is 0.406. The zero-order chi connectivity index (χ0) is 20.5. The Morgan fingerprint density at radius 2 is 1.77 bits per heavy atom. The van der Waals surface area contributed by atoms with Crippen molar-refractivity contribution in [2.75, 3.05) is 5.32 Å². The average molecular weight is 411 g/mol. The Kier molecular flexibility index (Phi) is 4.93. The molecule has 0 amide bonds. The first kappa shape index (κ1) is 18.8. The molecule has 4 aromatic rings. The van der Waals surface area contributed by atoms with Crippen LogP contribution in [0.1, 0.15) is 29.9 Å². The van der Waals surface area contributed by atoms with Crippen molar-refractivity contribution in [3.05, 3.63) is 95.7 Å². The minimum absolute atomic E-state index is 0.180. The molecule has 30 heavy (non-hydrogen) atoms. The Morgan fingerprint density at radius 1 is 0.967 bits per heavy atom. The molecule has 1 atom stereocenters. The van der Waals surface area contributed by atoms with Gasteiger partial charge in [-0.05, 0) is 66.8 Å². The Balaban J connectivity index is 1.33. The Morgan fingerprint density at radius 3 is 2.57 bits per heavy atom. The van der Waals surface area contributed by atoms with Crippen LogP contribution in [0, 0.1) is 6.92 Å². The number of carbonyl (C=O) groups excluding carboxylic acids is 1. The van der Waals surface area contributed by atoms with E-state index in [2.05, 4.69) is 66.8 Å². The molecular formula is C26H22N2OS. The van der Waals surface area contributed by atoms with E-state index in [9.17, 15) is 4.79 Å². The van der Waals surface area contributed by atoms with E-state index in [1.54, 1.807) is 17.4 Å². The van der Waals surface area contributed by atoms with Crippen molar-refractivity contribution < 1.29 is 4.79 Å². The van der Waals surface area contributed by atoms with Gasteiger partial charge in [0.15, 0.2) is 5.78 Å². The summed E-state index contributed by atoms with van der Waals surface area (Å²) >= 11 is 1.72. The summed E-state index contributed by atoms with van der Waals surface area (Å²) < 4.78 is 1.21. The number of anilines is 1. The SMILES string of the molecule is Cc1ccc2nc(-c3ccc(NC4=CC(=O)C[C@H](c5ccccc5)C4)cc3)sc2c1. The molecule has 1 N–H and O–H groups in total. The number of nitrogens with one attached hydrogen (secondary N) is 1. The Labute approximate surface area is 180 Å². The van der Waals surface area contributed by atoms with Gasteiger partial charge in [0.25, 0.3) is 0 Å². The fraction of sp³-hybridized carbons (Fsp3) is 0.154. The van der Waals surface area contributed by atoms with Crippen LogP contribution in [0.15, 0.2) is 84.6 Å². The minimum Gasteiger partial charge on any atom is -0.359 e. The predicted molar refractivity (Wildman–Crippen MR) is 125 cm³/mol. The van der Waals surface area contributed by atoms with Crippen LogP contribution in [0.5, 0.6) is 0 Å². The van der Waals surface area contributed by atoms with E-state index in [1.165, 1.54) is 15.8 Å². The van der Waals surface area contributed by atoms with Crippen LogP contribution in [0.25, 0.3) is 20.8 Å². The molecule has 0 aliphatic heterocycles. The molecule has 5 rings (SSSR count). The standard InChI is InChI=1S/C26H22N2OS/c1-17-7-12-24-25(13-17)30-26(28-24)19-8-10-21(11-9-19)27-22-14-20(15-23(29)16-22)18-5-3-2-4-6-18/h2-13,16,20,27H,14-15H2,1H3/t20-/m1/s1. The third-order valence-corrected chi connectivity index (χ3v) is 6.57. The summed E-state index contributed by atoms with van der Waals surface area (Å²) in [6.07, 6.45) is 3.17. The largest absolute Gasteiger partial charge is 0.359 e. The van der Waals surface area contributed by atoms with Gasteiger partial charge in [-0.25, -0.2) is 4.98 Å². The highest BCUT2D eigenvalue weighted by atomic mass is 32.1. The second kappa shape index (κ2) is 7.88. The molecule has 148 valence electrons. The van der Waals surface area contributed by atoms with E-state index in [-0.39, 0.29) is 11.7 Å². The number of rotatable bonds is 4. The molecule has 1 aromatic heterocycles. The third-order valence-electron chi connectivity index (χ3n) is 5.50. The number of benzene rings is 3. The number of hydrogen-bond donors (Lipinski definition) is 1. The first-order valence-electron chi connectivity index (χ1n) is 10.2. The van der Waals surface area contributed by atoms with Crippen molar-refractivity contribution in [1.82, 2.24) is 4.98 Å². The molecule has 0 unspecified atom stereocenters. The second-order valence-corrected chi connectivity index (χ2v) is 8.87. The lowest BCUT2D eigenvalue weighted by atomic mass is 9.85. The van der Waals surface area contributed by atoms with Crippen LogP contribution in [0.4, 0.5) is 5.69 Å². The summed E-state index contributed by atoms with van der Waals surface area (Å²) in [5, 5.41) is 4.47. The van der Waals surface area contributed by atoms with Crippen LogP contribution in [0.2, 0.25) is 0 Å². The molecule has 0 spiro atoms. The monoisotopic (exact) mass is 410 g/mol. The fourth-order valence-corrected chi connectivity index (χ4v) is 5.05. The molecule has 1 aliphatic carbocycles. The molecule has 3 aromatic carbocycles. The molecule has 1 heterocycles. The van der Waals surface area contributed by atoms with Gasteiger partial charge in [-0.15, -0.1) is 11.3 Å². The molecule has 0 saturated carbocycles. The lowest BCUT2D eigenvalue weighted by Crippen LogP contribution is -2.16. The van der Waals surface area contributed by atoms with Gasteiger partial charge in [-0.3, -0.25) is 4.79 Å². The molecule has 3 nitrogen and oxygen atoms in total. The van der Waals surface area contributed by atoms with Gasteiger partial charge >= 0.3 is 0 Å². The highest BCUT2D eigenvalue weighted by Crippen LogP contribution is 2.34. The van der Waals surface area contributed by atoms with E-state index in [4.69, 9.17) is 4.98 Å². The van der Waals surface area contributed by atoms with Crippen LogP contribution in [0.3, 0.4) is 0 Å². The number of fused-ring (bicyclic) bond motifs is 1. The van der Waals surface area contributed by atoms with E-state index in [1.807, 2.05) is 18.2 Å². The lowest BCUT2D eigenvalue weighted by Gasteiger charge is -2.23. The van der Waals surface area contributed by atoms with E-state index >= 15 is 0 Å². The van der Waals surface area contributed by atoms with Crippen LogP contribution in [-0.2, 0) is 4.79 Å². The molecule has 1 aliphatic rings. The predicted octanol–water partition coefficient (Wildman–Crippen LogP) is 6.71. The zero-order valence-corrected chi connectivity index (χ0v) is 17.6. The van der Waals surface area contributed by atoms with Gasteiger partial charge in [0.1, 0.15) is 5.01 Å². The Bertz CT molecular complexity index is 1240. The van der Waals surface area contributed by atoms with Gasteiger partial charge in [0, 0.05) is 29.4 Å². The molecule has 4 heteroatoms. The second-order valence-electron chi connectivity index (χ2n) is 7.84. The first-order chi connectivity index (χ1) is 14.6. The summed E-state index contributed by atoms with van der Waals surface area (Å²) in [5.74, 6) is 0.413. The van der Waals surface area contributed by atoms with Crippen LogP contribution >= 0.6 is 11.3 Å². The fourth-order valence-electron chi connectivity index (χ4n) is 3.98. The van der Waals surface area contributed by atoms with Crippen molar-refractivity contribution in [3.63, 3.8) is 0 Å². The van der Waals surface area contributed by atoms with Crippen molar-refractivity contribution >= 4 is 33.0 Å². The number of hydrogen-bond acceptors (Lipinski definition) is 4. The molecule has 0 fully saturated rings. The summed E-state index contributed by atoms with van der Waals surface area (Å²) in [6.45, 7) is 2.10.